The summed E-state index contributed by atoms with van der Waals surface area (Å²) in [7, 11) is 0. The highest BCUT2D eigenvalue weighted by Crippen LogP contribution is 1.84. The molecule has 1 fully saturated rings. The Morgan fingerprint density at radius 1 is 1.75 bits per heavy atom. The molecule has 0 unspecified atom stereocenters. The van der Waals surface area contributed by atoms with Gasteiger partial charge in [-0.05, 0) is 6.54 Å². The Labute approximate surface area is 56.7 Å². The Balaban J connectivity index is 2.34. The van der Waals surface area contributed by atoms with Crippen molar-refractivity contribution in [3.05, 3.63) is 0 Å². The average molecular weight is 126 g/mol. The highest BCUT2D eigenvalue weighted by atomic mass is 27.1. The number of hydrogen-bond acceptors (Lipinski definition) is 2. The SMILES string of the molecule is O=C1C[N]([Al])CCN1. The van der Waals surface area contributed by atoms with E-state index in [-0.39, 0.29) is 5.91 Å². The van der Waals surface area contributed by atoms with Crippen LogP contribution in [0.5, 0.6) is 0 Å². The van der Waals surface area contributed by atoms with Crippen molar-refractivity contribution in [2.45, 2.75) is 0 Å². The smallest absolute Gasteiger partial charge is 0.256 e. The second kappa shape index (κ2) is 2.49. The van der Waals surface area contributed by atoms with Gasteiger partial charge in [-0.3, -0.25) is 4.79 Å². The summed E-state index contributed by atoms with van der Waals surface area (Å²) in [6.07, 6.45) is 0. The highest BCUT2D eigenvalue weighted by Gasteiger charge is 2.08. The van der Waals surface area contributed by atoms with Crippen molar-refractivity contribution in [2.75, 3.05) is 19.6 Å². The molecule has 0 aliphatic carbocycles. The number of carbonyl (C=O) groups excluding carboxylic acids is 1. The molecule has 2 radical (unpaired) electrons. The summed E-state index contributed by atoms with van der Waals surface area (Å²) in [6.45, 7) is 2.24. The molecule has 4 heteroatoms. The van der Waals surface area contributed by atoms with Crippen molar-refractivity contribution in [1.82, 2.24) is 9.20 Å². The minimum atomic E-state index is 0.117. The van der Waals surface area contributed by atoms with Gasteiger partial charge >= 0.3 is 0 Å². The van der Waals surface area contributed by atoms with Crippen molar-refractivity contribution >= 4 is 22.4 Å². The maximum Gasteiger partial charge on any atom is 0.256 e. The lowest BCUT2D eigenvalue weighted by atomic mass is 10.4. The third-order valence-electron chi connectivity index (χ3n) is 1.07. The maximum absolute atomic E-state index is 10.5. The van der Waals surface area contributed by atoms with Crippen LogP contribution in [0, 0.1) is 0 Å². The molecule has 0 aromatic carbocycles. The molecule has 1 saturated heterocycles. The lowest BCUT2D eigenvalue weighted by Crippen LogP contribution is -2.46. The van der Waals surface area contributed by atoms with Gasteiger partial charge in [-0.2, -0.15) is 0 Å². The van der Waals surface area contributed by atoms with Gasteiger partial charge in [0.25, 0.3) is 16.5 Å². The van der Waals surface area contributed by atoms with Gasteiger partial charge in [0, 0.05) is 6.54 Å². The molecule has 0 spiro atoms. The molecule has 1 N–H and O–H groups in total. The lowest BCUT2D eigenvalue weighted by molar-refractivity contribution is -0.122. The van der Waals surface area contributed by atoms with Gasteiger partial charge in [-0.25, -0.2) is 0 Å². The Bertz CT molecular complexity index is 106. The molecular formula is C4H7AlN2O. The first-order valence-corrected chi connectivity index (χ1v) is 3.07. The fraction of sp³-hybridized carbons (Fsp3) is 0.750. The second-order valence-corrected chi connectivity index (χ2v) is 2.55. The van der Waals surface area contributed by atoms with E-state index in [4.69, 9.17) is 0 Å². The van der Waals surface area contributed by atoms with Crippen LogP contribution in [0.25, 0.3) is 0 Å². The van der Waals surface area contributed by atoms with Crippen LogP contribution in [0.1, 0.15) is 0 Å². The van der Waals surface area contributed by atoms with E-state index in [0.29, 0.717) is 6.54 Å². The van der Waals surface area contributed by atoms with Crippen LogP contribution in [-0.4, -0.2) is 45.9 Å². The molecular weight excluding hydrogens is 119 g/mol. The van der Waals surface area contributed by atoms with Gasteiger partial charge in [-0.15, -0.1) is 0 Å². The fourth-order valence-corrected chi connectivity index (χ4v) is 0.953. The number of rotatable bonds is 0. The first-order valence-electron chi connectivity index (χ1n) is 2.55. The van der Waals surface area contributed by atoms with Gasteiger partial charge in [0.15, 0.2) is 0 Å². The Kier molecular flexibility index (Phi) is 1.90. The molecule has 1 aliphatic heterocycles. The van der Waals surface area contributed by atoms with Crippen molar-refractivity contribution in [3.8, 4) is 0 Å². The first kappa shape index (κ1) is 6.09. The first-order chi connectivity index (χ1) is 3.79. The monoisotopic (exact) mass is 126 g/mol. The number of amides is 1. The third-order valence-corrected chi connectivity index (χ3v) is 1.51. The van der Waals surface area contributed by atoms with Crippen LogP contribution < -0.4 is 5.32 Å². The van der Waals surface area contributed by atoms with Crippen LogP contribution in [0.15, 0.2) is 0 Å². The molecule has 8 heavy (non-hydrogen) atoms. The van der Waals surface area contributed by atoms with E-state index >= 15 is 0 Å². The van der Waals surface area contributed by atoms with Crippen LogP contribution in [-0.2, 0) is 4.79 Å². The predicted octanol–water partition coefficient (Wildman–Crippen LogP) is -1.50. The molecule has 0 saturated carbocycles. The van der Waals surface area contributed by atoms with Crippen LogP contribution in [0.2, 0.25) is 0 Å². The summed E-state index contributed by atoms with van der Waals surface area (Å²) in [4.78, 5) is 10.5. The molecule has 0 bridgehead atoms. The predicted molar refractivity (Wildman–Crippen MR) is 30.3 cm³/mol. The molecule has 1 heterocycles. The largest absolute Gasteiger partial charge is 0.394 e. The van der Waals surface area contributed by atoms with Gasteiger partial charge in [-0.1, -0.05) is 0 Å². The number of hydrogen-bond donors (Lipinski definition) is 1. The van der Waals surface area contributed by atoms with E-state index in [1.54, 1.807) is 0 Å². The summed E-state index contributed by atoms with van der Waals surface area (Å²) in [6, 6.07) is 0. The van der Waals surface area contributed by atoms with Crippen molar-refractivity contribution in [3.63, 3.8) is 0 Å². The Hall–Kier alpha value is -0.0375. The maximum atomic E-state index is 10.5. The van der Waals surface area contributed by atoms with Crippen LogP contribution >= 0.6 is 0 Å². The zero-order valence-corrected chi connectivity index (χ0v) is 5.71. The Morgan fingerprint density at radius 2 is 2.50 bits per heavy atom. The molecule has 1 rings (SSSR count). The summed E-state index contributed by atoms with van der Waals surface area (Å²) in [5.41, 5.74) is 0. The summed E-state index contributed by atoms with van der Waals surface area (Å²) >= 11 is 2.50. The molecule has 42 valence electrons. The van der Waals surface area contributed by atoms with Gasteiger partial charge in [0.1, 0.15) is 0 Å². The molecule has 3 nitrogen and oxygen atoms in total. The van der Waals surface area contributed by atoms with Crippen molar-refractivity contribution in [2.24, 2.45) is 0 Å². The minimum Gasteiger partial charge on any atom is -0.394 e. The van der Waals surface area contributed by atoms with E-state index in [2.05, 4.69) is 21.8 Å². The minimum absolute atomic E-state index is 0.117. The van der Waals surface area contributed by atoms with E-state index < -0.39 is 0 Å². The highest BCUT2D eigenvalue weighted by molar-refractivity contribution is 6.06. The normalized spacial score (nSPS) is 22.8. The number of nitrogens with one attached hydrogen (secondary N) is 1. The van der Waals surface area contributed by atoms with Crippen molar-refractivity contribution < 1.29 is 4.79 Å². The van der Waals surface area contributed by atoms with Crippen LogP contribution in [0.4, 0.5) is 0 Å². The quantitative estimate of drug-likeness (QED) is 0.401. The topological polar surface area (TPSA) is 32.3 Å². The zero-order chi connectivity index (χ0) is 5.98. The lowest BCUT2D eigenvalue weighted by Gasteiger charge is -2.23. The zero-order valence-electron chi connectivity index (χ0n) is 4.55. The third kappa shape index (κ3) is 1.48. The van der Waals surface area contributed by atoms with Gasteiger partial charge in [0.2, 0.25) is 5.91 Å². The standard InChI is InChI=1S/C4H7N2O.Al/c7-4-3-5-1-2-6-4;/h1-3H2,(H,6,7);/q-1;+1. The average Bonchev–Trinajstić information content (AvgIpc) is 1.64. The molecule has 1 aliphatic rings. The second-order valence-electron chi connectivity index (χ2n) is 1.82. The van der Waals surface area contributed by atoms with Crippen molar-refractivity contribution in [1.29, 1.82) is 0 Å². The molecule has 0 aromatic heterocycles. The molecule has 0 aromatic rings. The number of carbonyl (C=O) groups is 1. The van der Waals surface area contributed by atoms with E-state index in [1.165, 1.54) is 0 Å². The summed E-state index contributed by atoms with van der Waals surface area (Å²) in [5, 5.41) is 2.72. The summed E-state index contributed by atoms with van der Waals surface area (Å²) in [5.74, 6) is 0.117. The van der Waals surface area contributed by atoms with E-state index in [9.17, 15) is 4.79 Å². The Morgan fingerprint density at radius 3 is 2.88 bits per heavy atom. The number of piperazine rings is 1. The molecule has 1 amide bonds. The van der Waals surface area contributed by atoms with Gasteiger partial charge in [0.05, 0.1) is 6.54 Å². The fourth-order valence-electron chi connectivity index (χ4n) is 0.658. The van der Waals surface area contributed by atoms with E-state index in [1.807, 2.05) is 3.88 Å². The number of nitrogens with zero attached hydrogens (tertiary/aromatic N) is 1. The van der Waals surface area contributed by atoms with Gasteiger partial charge < -0.3 is 9.20 Å². The summed E-state index contributed by atoms with van der Waals surface area (Å²) < 4.78 is 1.92. The van der Waals surface area contributed by atoms with Crippen LogP contribution in [0.3, 0.4) is 0 Å². The molecule has 0 atom stereocenters. The van der Waals surface area contributed by atoms with E-state index in [0.717, 1.165) is 13.1 Å².